The van der Waals surface area contributed by atoms with Crippen molar-refractivity contribution in [1.82, 2.24) is 0 Å². The maximum Gasteiger partial charge on any atom is 0.332 e. The summed E-state index contributed by atoms with van der Waals surface area (Å²) in [7, 11) is 0. The van der Waals surface area contributed by atoms with E-state index in [2.05, 4.69) is 0 Å². The fraction of sp³-hybridized carbons (Fsp3) is 0.889. The quantitative estimate of drug-likeness (QED) is 0.706. The highest BCUT2D eigenvalue weighted by Gasteiger charge is 2.19. The Labute approximate surface area is 72.7 Å². The Hall–Kier alpha value is -0.570. The third-order valence-electron chi connectivity index (χ3n) is 2.30. The van der Waals surface area contributed by atoms with Crippen LogP contribution in [0, 0.1) is 0 Å². The minimum Gasteiger partial charge on any atom is -0.479 e. The summed E-state index contributed by atoms with van der Waals surface area (Å²) < 4.78 is 5.35. The Morgan fingerprint density at radius 3 is 2.50 bits per heavy atom. The molecule has 0 aromatic carbocycles. The molecule has 1 unspecified atom stereocenters. The molecule has 1 fully saturated rings. The first-order chi connectivity index (χ1) is 5.70. The number of ether oxygens (including phenoxy) is 1. The number of carboxylic acids is 1. The Morgan fingerprint density at radius 2 is 2.00 bits per heavy atom. The molecule has 1 aliphatic carbocycles. The third kappa shape index (κ3) is 2.81. The van der Waals surface area contributed by atoms with E-state index in [0.29, 0.717) is 0 Å². The highest BCUT2D eigenvalue weighted by atomic mass is 16.5. The summed E-state index contributed by atoms with van der Waals surface area (Å²) in [4.78, 5) is 10.4. The maximum atomic E-state index is 10.4. The van der Waals surface area contributed by atoms with Crippen molar-refractivity contribution in [3.63, 3.8) is 0 Å². The Morgan fingerprint density at radius 1 is 1.42 bits per heavy atom. The fourth-order valence-electron chi connectivity index (χ4n) is 1.55. The van der Waals surface area contributed by atoms with Crippen molar-refractivity contribution in [2.45, 2.75) is 51.2 Å². The predicted octanol–water partition coefficient (Wildman–Crippen LogP) is 1.81. The monoisotopic (exact) mass is 172 g/mol. The van der Waals surface area contributed by atoms with Crippen molar-refractivity contribution in [2.75, 3.05) is 0 Å². The summed E-state index contributed by atoms with van der Waals surface area (Å²) in [5.41, 5.74) is 0. The standard InChI is InChI=1S/C9H16O3/c1-7(9(10)11)12-8-5-3-2-4-6-8/h7-8H,2-6H2,1H3,(H,10,11). The molecular weight excluding hydrogens is 156 g/mol. The number of rotatable bonds is 3. The average Bonchev–Trinajstić information content (AvgIpc) is 2.06. The van der Waals surface area contributed by atoms with Crippen LogP contribution in [0.4, 0.5) is 0 Å². The summed E-state index contributed by atoms with van der Waals surface area (Å²) in [6.45, 7) is 1.59. The van der Waals surface area contributed by atoms with Gasteiger partial charge in [-0.25, -0.2) is 4.79 Å². The molecule has 0 aromatic heterocycles. The zero-order valence-corrected chi connectivity index (χ0v) is 7.45. The molecule has 0 spiro atoms. The number of aliphatic carboxylic acids is 1. The summed E-state index contributed by atoms with van der Waals surface area (Å²) in [5, 5.41) is 8.59. The third-order valence-corrected chi connectivity index (χ3v) is 2.30. The van der Waals surface area contributed by atoms with Crippen molar-refractivity contribution < 1.29 is 14.6 Å². The van der Waals surface area contributed by atoms with Gasteiger partial charge in [-0.05, 0) is 19.8 Å². The fourth-order valence-corrected chi connectivity index (χ4v) is 1.55. The summed E-state index contributed by atoms with van der Waals surface area (Å²) >= 11 is 0. The van der Waals surface area contributed by atoms with Gasteiger partial charge < -0.3 is 9.84 Å². The molecule has 0 heterocycles. The molecule has 1 atom stereocenters. The van der Waals surface area contributed by atoms with Gasteiger partial charge in [-0.1, -0.05) is 19.3 Å². The van der Waals surface area contributed by atoms with Gasteiger partial charge in [0.05, 0.1) is 6.10 Å². The molecule has 3 heteroatoms. The molecule has 0 aromatic rings. The number of hydrogen-bond acceptors (Lipinski definition) is 2. The van der Waals surface area contributed by atoms with E-state index in [1.165, 1.54) is 19.3 Å². The van der Waals surface area contributed by atoms with Crippen LogP contribution in [0.5, 0.6) is 0 Å². The molecule has 3 nitrogen and oxygen atoms in total. The number of carboxylic acid groups (broad SMARTS) is 1. The van der Waals surface area contributed by atoms with Crippen molar-refractivity contribution in [3.8, 4) is 0 Å². The van der Waals surface area contributed by atoms with Gasteiger partial charge in [-0.2, -0.15) is 0 Å². The molecule has 0 radical (unpaired) electrons. The minimum absolute atomic E-state index is 0.185. The molecular formula is C9H16O3. The second-order valence-electron chi connectivity index (χ2n) is 3.38. The lowest BCUT2D eigenvalue weighted by Gasteiger charge is -2.23. The van der Waals surface area contributed by atoms with E-state index >= 15 is 0 Å². The molecule has 1 aliphatic rings. The van der Waals surface area contributed by atoms with E-state index in [1.54, 1.807) is 6.92 Å². The largest absolute Gasteiger partial charge is 0.479 e. The van der Waals surface area contributed by atoms with E-state index in [0.717, 1.165) is 12.8 Å². The zero-order valence-electron chi connectivity index (χ0n) is 7.45. The lowest BCUT2D eigenvalue weighted by Crippen LogP contribution is -2.27. The van der Waals surface area contributed by atoms with Crippen LogP contribution in [-0.4, -0.2) is 23.3 Å². The Balaban J connectivity index is 2.24. The van der Waals surface area contributed by atoms with Crippen molar-refractivity contribution >= 4 is 5.97 Å². The Bertz CT molecular complexity index is 150. The molecule has 0 amide bonds. The van der Waals surface area contributed by atoms with Gasteiger partial charge in [0, 0.05) is 0 Å². The summed E-state index contributed by atoms with van der Waals surface area (Å²) in [6.07, 6.45) is 5.21. The SMILES string of the molecule is CC(OC1CCCCC1)C(=O)O. The average molecular weight is 172 g/mol. The molecule has 0 saturated heterocycles. The van der Waals surface area contributed by atoms with E-state index < -0.39 is 12.1 Å². The van der Waals surface area contributed by atoms with Crippen LogP contribution >= 0.6 is 0 Å². The van der Waals surface area contributed by atoms with Gasteiger partial charge in [0.15, 0.2) is 6.10 Å². The predicted molar refractivity (Wildman–Crippen MR) is 45.1 cm³/mol. The minimum atomic E-state index is -0.861. The topological polar surface area (TPSA) is 46.5 Å². The number of carbonyl (C=O) groups is 1. The second-order valence-corrected chi connectivity index (χ2v) is 3.38. The molecule has 1 N–H and O–H groups in total. The molecule has 1 rings (SSSR count). The lowest BCUT2D eigenvalue weighted by molar-refractivity contribution is -0.153. The van der Waals surface area contributed by atoms with Crippen LogP contribution in [0.25, 0.3) is 0 Å². The molecule has 12 heavy (non-hydrogen) atoms. The van der Waals surface area contributed by atoms with Crippen LogP contribution in [-0.2, 0) is 9.53 Å². The normalized spacial score (nSPS) is 22.1. The first-order valence-electron chi connectivity index (χ1n) is 4.58. The van der Waals surface area contributed by atoms with Crippen LogP contribution in [0.2, 0.25) is 0 Å². The second kappa shape index (κ2) is 4.45. The smallest absolute Gasteiger partial charge is 0.332 e. The van der Waals surface area contributed by atoms with E-state index in [4.69, 9.17) is 9.84 Å². The van der Waals surface area contributed by atoms with Gasteiger partial charge in [0.25, 0.3) is 0 Å². The summed E-state index contributed by atoms with van der Waals surface area (Å²) in [6, 6.07) is 0. The maximum absolute atomic E-state index is 10.4. The van der Waals surface area contributed by atoms with E-state index in [-0.39, 0.29) is 6.10 Å². The first kappa shape index (κ1) is 9.52. The van der Waals surface area contributed by atoms with Gasteiger partial charge >= 0.3 is 5.97 Å². The van der Waals surface area contributed by atoms with Gasteiger partial charge in [-0.3, -0.25) is 0 Å². The molecule has 1 saturated carbocycles. The Kier molecular flexibility index (Phi) is 3.53. The summed E-state index contributed by atoms with van der Waals surface area (Å²) in [5.74, 6) is -0.861. The van der Waals surface area contributed by atoms with E-state index in [9.17, 15) is 4.79 Å². The lowest BCUT2D eigenvalue weighted by atomic mass is 9.98. The first-order valence-corrected chi connectivity index (χ1v) is 4.58. The van der Waals surface area contributed by atoms with E-state index in [1.807, 2.05) is 0 Å². The van der Waals surface area contributed by atoms with Crippen LogP contribution < -0.4 is 0 Å². The van der Waals surface area contributed by atoms with Gasteiger partial charge in [0.1, 0.15) is 0 Å². The number of hydrogen-bond donors (Lipinski definition) is 1. The van der Waals surface area contributed by atoms with Crippen molar-refractivity contribution in [3.05, 3.63) is 0 Å². The van der Waals surface area contributed by atoms with Crippen LogP contribution in [0.15, 0.2) is 0 Å². The van der Waals surface area contributed by atoms with Gasteiger partial charge in [0.2, 0.25) is 0 Å². The molecule has 70 valence electrons. The highest BCUT2D eigenvalue weighted by molar-refractivity contribution is 5.71. The molecule has 0 aliphatic heterocycles. The van der Waals surface area contributed by atoms with Crippen molar-refractivity contribution in [1.29, 1.82) is 0 Å². The van der Waals surface area contributed by atoms with Crippen LogP contribution in [0.3, 0.4) is 0 Å². The highest BCUT2D eigenvalue weighted by Crippen LogP contribution is 2.21. The zero-order chi connectivity index (χ0) is 8.97. The van der Waals surface area contributed by atoms with Gasteiger partial charge in [-0.15, -0.1) is 0 Å². The van der Waals surface area contributed by atoms with Crippen LogP contribution in [0.1, 0.15) is 39.0 Å². The molecule has 0 bridgehead atoms. The van der Waals surface area contributed by atoms with Crippen molar-refractivity contribution in [2.24, 2.45) is 0 Å².